The zero-order chi connectivity index (χ0) is 14.8. The maximum Gasteiger partial charge on any atom is 0.270 e. The Balaban J connectivity index is 2.00. The number of rotatable bonds is 2. The van der Waals surface area contributed by atoms with Crippen LogP contribution in [-0.2, 0) is 18.4 Å². The first-order valence-corrected chi connectivity index (χ1v) is 7.15. The van der Waals surface area contributed by atoms with Gasteiger partial charge in [-0.2, -0.15) is 10.1 Å². The number of fused-ring (bicyclic) bond motifs is 1. The fourth-order valence-electron chi connectivity index (χ4n) is 1.99. The molecule has 0 N–H and O–H groups in total. The van der Waals surface area contributed by atoms with Crippen LogP contribution in [0.4, 0.5) is 0 Å². The lowest BCUT2D eigenvalue weighted by Crippen LogP contribution is -2.19. The summed E-state index contributed by atoms with van der Waals surface area (Å²) >= 11 is 1.39. The Hall–Kier alpha value is -2.54. The lowest BCUT2D eigenvalue weighted by Gasteiger charge is -2.06. The van der Waals surface area contributed by atoms with E-state index in [1.165, 1.54) is 22.2 Å². The van der Waals surface area contributed by atoms with Gasteiger partial charge in [0, 0.05) is 24.0 Å². The molecule has 0 aliphatic rings. The van der Waals surface area contributed by atoms with Gasteiger partial charge in [-0.05, 0) is 12.1 Å². The van der Waals surface area contributed by atoms with Crippen LogP contribution in [0, 0.1) is 0 Å². The van der Waals surface area contributed by atoms with Crippen molar-refractivity contribution in [1.29, 1.82) is 0 Å². The molecule has 7 heteroatoms. The molecular formula is C14H12N4O2S. The summed E-state index contributed by atoms with van der Waals surface area (Å²) in [7, 11) is 1.83. The highest BCUT2D eigenvalue weighted by molar-refractivity contribution is 7.07. The summed E-state index contributed by atoms with van der Waals surface area (Å²) in [6.07, 6.45) is 3.06. The molecule has 1 aromatic carbocycles. The zero-order valence-electron chi connectivity index (χ0n) is 11.3. The van der Waals surface area contributed by atoms with Crippen molar-refractivity contribution in [1.82, 2.24) is 14.3 Å². The third-order valence-electron chi connectivity index (χ3n) is 3.03. The Morgan fingerprint density at radius 1 is 1.38 bits per heavy atom. The first-order valence-electron chi connectivity index (χ1n) is 6.28. The van der Waals surface area contributed by atoms with Crippen LogP contribution >= 0.6 is 11.3 Å². The Morgan fingerprint density at radius 3 is 2.95 bits per heavy atom. The first kappa shape index (κ1) is 13.4. The van der Waals surface area contributed by atoms with Crippen LogP contribution in [0.1, 0.15) is 0 Å². The molecule has 0 saturated heterocycles. The number of carbonyl (C=O) groups excluding carboxylic acids is 1. The fourth-order valence-corrected chi connectivity index (χ4v) is 2.74. The molecular weight excluding hydrogens is 288 g/mol. The van der Waals surface area contributed by atoms with Crippen molar-refractivity contribution in [3.63, 3.8) is 0 Å². The highest BCUT2D eigenvalue weighted by atomic mass is 32.1. The van der Waals surface area contributed by atoms with Crippen LogP contribution in [0.25, 0.3) is 10.9 Å². The van der Waals surface area contributed by atoms with Crippen molar-refractivity contribution in [2.45, 2.75) is 6.54 Å². The average molecular weight is 300 g/mol. The second kappa shape index (κ2) is 5.45. The molecule has 21 heavy (non-hydrogen) atoms. The van der Waals surface area contributed by atoms with Gasteiger partial charge in [0.1, 0.15) is 6.54 Å². The summed E-state index contributed by atoms with van der Waals surface area (Å²) in [6.45, 7) is -0.00130. The number of hydrogen-bond donors (Lipinski definition) is 0. The minimum atomic E-state index is -0.311. The molecule has 0 fully saturated rings. The fraction of sp³-hybridized carbons (Fsp3) is 0.143. The van der Waals surface area contributed by atoms with E-state index >= 15 is 0 Å². The van der Waals surface area contributed by atoms with Gasteiger partial charge in [-0.3, -0.25) is 14.3 Å². The molecule has 0 radical (unpaired) electrons. The van der Waals surface area contributed by atoms with Crippen LogP contribution < -0.4 is 10.2 Å². The summed E-state index contributed by atoms with van der Waals surface area (Å²) < 4.78 is 3.27. The van der Waals surface area contributed by atoms with Crippen LogP contribution in [0.2, 0.25) is 0 Å². The zero-order valence-corrected chi connectivity index (χ0v) is 12.1. The van der Waals surface area contributed by atoms with E-state index in [-0.39, 0.29) is 17.9 Å². The minimum Gasteiger partial charge on any atom is -0.327 e. The Kier molecular flexibility index (Phi) is 3.49. The molecule has 0 aliphatic heterocycles. The van der Waals surface area contributed by atoms with Crippen LogP contribution in [0.15, 0.2) is 51.8 Å². The van der Waals surface area contributed by atoms with E-state index in [0.717, 1.165) is 0 Å². The highest BCUT2D eigenvalue weighted by Gasteiger charge is 2.07. The lowest BCUT2D eigenvalue weighted by atomic mass is 10.2. The van der Waals surface area contributed by atoms with E-state index in [4.69, 9.17) is 0 Å². The monoisotopic (exact) mass is 300 g/mol. The van der Waals surface area contributed by atoms with Crippen molar-refractivity contribution in [2.24, 2.45) is 12.0 Å². The maximum atomic E-state index is 12.0. The van der Waals surface area contributed by atoms with Crippen molar-refractivity contribution >= 4 is 28.1 Å². The molecule has 1 amide bonds. The van der Waals surface area contributed by atoms with Gasteiger partial charge >= 0.3 is 0 Å². The number of amides is 1. The molecule has 3 rings (SSSR count). The second-order valence-electron chi connectivity index (χ2n) is 4.49. The van der Waals surface area contributed by atoms with E-state index in [1.54, 1.807) is 28.8 Å². The largest absolute Gasteiger partial charge is 0.327 e. The summed E-state index contributed by atoms with van der Waals surface area (Å²) in [5.74, 6) is -0.311. The van der Waals surface area contributed by atoms with E-state index in [2.05, 4.69) is 10.1 Å². The van der Waals surface area contributed by atoms with E-state index < -0.39 is 0 Å². The first-order chi connectivity index (χ1) is 10.1. The van der Waals surface area contributed by atoms with Crippen molar-refractivity contribution in [3.8, 4) is 0 Å². The molecule has 0 aliphatic carbocycles. The molecule has 2 heterocycles. The van der Waals surface area contributed by atoms with E-state index in [9.17, 15) is 9.59 Å². The SMILES string of the molecule is Cn1ccsc1=NC(=O)Cn1ncc(=O)c2ccccc21. The molecule has 0 saturated carbocycles. The van der Waals surface area contributed by atoms with Gasteiger partial charge in [-0.25, -0.2) is 0 Å². The molecule has 0 bridgehead atoms. The Morgan fingerprint density at radius 2 is 2.19 bits per heavy atom. The number of para-hydroxylation sites is 1. The quantitative estimate of drug-likeness (QED) is 0.707. The van der Waals surface area contributed by atoms with Gasteiger partial charge in [0.2, 0.25) is 5.43 Å². The van der Waals surface area contributed by atoms with Crippen LogP contribution in [0.5, 0.6) is 0 Å². The lowest BCUT2D eigenvalue weighted by molar-refractivity contribution is -0.118. The molecule has 106 valence electrons. The van der Waals surface area contributed by atoms with Crippen LogP contribution in [0.3, 0.4) is 0 Å². The normalized spacial score (nSPS) is 12.0. The van der Waals surface area contributed by atoms with Gasteiger partial charge in [-0.15, -0.1) is 11.3 Å². The maximum absolute atomic E-state index is 12.0. The predicted octanol–water partition coefficient (Wildman–Crippen LogP) is 0.924. The molecule has 0 atom stereocenters. The summed E-state index contributed by atoms with van der Waals surface area (Å²) in [5, 5.41) is 6.42. The third kappa shape index (κ3) is 2.68. The number of nitrogens with zero attached hydrogens (tertiary/aromatic N) is 4. The number of hydrogen-bond acceptors (Lipinski definition) is 4. The highest BCUT2D eigenvalue weighted by Crippen LogP contribution is 2.07. The van der Waals surface area contributed by atoms with E-state index in [0.29, 0.717) is 15.7 Å². The molecule has 0 unspecified atom stereocenters. The molecule has 6 nitrogen and oxygen atoms in total. The number of aromatic nitrogens is 3. The summed E-state index contributed by atoms with van der Waals surface area (Å²) in [6, 6.07) is 7.08. The van der Waals surface area contributed by atoms with Gasteiger partial charge in [0.25, 0.3) is 5.91 Å². The summed E-state index contributed by atoms with van der Waals surface area (Å²) in [5.41, 5.74) is 0.472. The summed E-state index contributed by atoms with van der Waals surface area (Å²) in [4.78, 5) is 28.5. The predicted molar refractivity (Wildman–Crippen MR) is 79.9 cm³/mol. The van der Waals surface area contributed by atoms with Gasteiger partial charge in [0.15, 0.2) is 4.80 Å². The van der Waals surface area contributed by atoms with Gasteiger partial charge in [0.05, 0.1) is 11.7 Å². The van der Waals surface area contributed by atoms with Crippen molar-refractivity contribution in [3.05, 3.63) is 57.1 Å². The number of carbonyl (C=O) groups is 1. The topological polar surface area (TPSA) is 69.2 Å². The Labute approximate surface area is 123 Å². The van der Waals surface area contributed by atoms with Crippen molar-refractivity contribution in [2.75, 3.05) is 0 Å². The smallest absolute Gasteiger partial charge is 0.270 e. The molecule has 0 spiro atoms. The number of thiazole rings is 1. The van der Waals surface area contributed by atoms with Crippen LogP contribution in [-0.4, -0.2) is 20.3 Å². The third-order valence-corrected chi connectivity index (χ3v) is 3.87. The molecule has 2 aromatic heterocycles. The second-order valence-corrected chi connectivity index (χ2v) is 5.36. The number of benzene rings is 1. The van der Waals surface area contributed by atoms with Gasteiger partial charge < -0.3 is 4.57 Å². The Bertz CT molecular complexity index is 936. The molecule has 3 aromatic rings. The van der Waals surface area contributed by atoms with Gasteiger partial charge in [-0.1, -0.05) is 12.1 Å². The number of aryl methyl sites for hydroxylation is 1. The average Bonchev–Trinajstić information content (AvgIpc) is 2.88. The van der Waals surface area contributed by atoms with E-state index in [1.807, 2.05) is 18.6 Å². The minimum absolute atomic E-state index is 0.00130. The standard InChI is InChI=1S/C14H12N4O2S/c1-17-6-7-21-14(17)16-13(20)9-18-11-5-3-2-4-10(11)12(19)8-15-18/h2-8H,9H2,1H3. The van der Waals surface area contributed by atoms with Crippen molar-refractivity contribution < 1.29 is 4.79 Å².